The highest BCUT2D eigenvalue weighted by molar-refractivity contribution is 6.24. The summed E-state index contributed by atoms with van der Waals surface area (Å²) in [6.45, 7) is 9.61. The molecule has 7 aromatic carbocycles. The van der Waals surface area contributed by atoms with E-state index in [1.165, 1.54) is 32.7 Å². The van der Waals surface area contributed by atoms with E-state index in [0.717, 1.165) is 73.7 Å². The van der Waals surface area contributed by atoms with Crippen molar-refractivity contribution in [3.8, 4) is 34.4 Å². The lowest BCUT2D eigenvalue weighted by Crippen LogP contribution is -2.33. The van der Waals surface area contributed by atoms with Crippen LogP contribution in [0.4, 0.5) is 0 Å². The van der Waals surface area contributed by atoms with Crippen molar-refractivity contribution in [3.05, 3.63) is 163 Å². The zero-order valence-corrected chi connectivity index (χ0v) is 33.5. The van der Waals surface area contributed by atoms with Crippen LogP contribution in [0, 0.1) is 0 Å². The summed E-state index contributed by atoms with van der Waals surface area (Å²) in [7, 11) is 0. The van der Waals surface area contributed by atoms with Crippen molar-refractivity contribution in [2.45, 2.75) is 51.4 Å². The minimum atomic E-state index is -0.00315. The monoisotopic (exact) mass is 763 g/mol. The molecule has 1 aliphatic carbocycles. The molecule has 59 heavy (non-hydrogen) atoms. The van der Waals surface area contributed by atoms with Crippen molar-refractivity contribution >= 4 is 65.6 Å². The number of rotatable bonds is 4. The number of benzene rings is 7. The molecule has 6 nitrogen and oxygen atoms in total. The van der Waals surface area contributed by atoms with E-state index in [4.69, 9.17) is 19.4 Å². The molecule has 0 saturated heterocycles. The molecule has 0 bridgehead atoms. The fourth-order valence-electron chi connectivity index (χ4n) is 9.84. The Balaban J connectivity index is 1.26. The zero-order valence-electron chi connectivity index (χ0n) is 33.5. The van der Waals surface area contributed by atoms with Gasteiger partial charge in [0.05, 0.1) is 22.1 Å². The van der Waals surface area contributed by atoms with Gasteiger partial charge in [-0.1, -0.05) is 125 Å². The van der Waals surface area contributed by atoms with Crippen molar-refractivity contribution in [1.29, 1.82) is 0 Å². The van der Waals surface area contributed by atoms with Gasteiger partial charge >= 0.3 is 0 Å². The Kier molecular flexibility index (Phi) is 7.05. The second-order valence-electron chi connectivity index (χ2n) is 17.5. The van der Waals surface area contributed by atoms with Gasteiger partial charge in [0.2, 0.25) is 5.95 Å². The largest absolute Gasteiger partial charge is 0.456 e. The van der Waals surface area contributed by atoms with Gasteiger partial charge in [-0.15, -0.1) is 0 Å². The summed E-state index contributed by atoms with van der Waals surface area (Å²) in [5, 5.41) is 6.85. The molecule has 0 fully saturated rings. The first kappa shape index (κ1) is 34.0. The SMILES string of the molecule is CC1(C)CCC(C)(C)c2cc3c(cc21)c1ccc2c4ccccc4n(-c4ccccc4)c2c1n3-c1nc(-c2ccccc2)nc(-c2ccc3oc4ccccc4c3c2)n1. The lowest BCUT2D eigenvalue weighted by Gasteiger charge is -2.42. The molecule has 0 spiro atoms. The number of fused-ring (bicyclic) bond motifs is 11. The molecule has 1 aliphatic rings. The minimum absolute atomic E-state index is 0.00315. The van der Waals surface area contributed by atoms with Gasteiger partial charge in [-0.25, -0.2) is 4.98 Å². The van der Waals surface area contributed by atoms with E-state index in [-0.39, 0.29) is 10.8 Å². The number of hydrogen-bond donors (Lipinski definition) is 0. The van der Waals surface area contributed by atoms with Crippen LogP contribution < -0.4 is 0 Å². The maximum absolute atomic E-state index is 6.25. The molecule has 0 aliphatic heterocycles. The Labute approximate surface area is 341 Å². The molecule has 11 aromatic rings. The highest BCUT2D eigenvalue weighted by atomic mass is 16.3. The molecule has 4 heterocycles. The summed E-state index contributed by atoms with van der Waals surface area (Å²) in [6.07, 6.45) is 2.25. The summed E-state index contributed by atoms with van der Waals surface area (Å²) >= 11 is 0. The van der Waals surface area contributed by atoms with Crippen molar-refractivity contribution in [2.75, 3.05) is 0 Å². The van der Waals surface area contributed by atoms with E-state index >= 15 is 0 Å². The Bertz CT molecular complexity index is 3500. The van der Waals surface area contributed by atoms with Crippen molar-refractivity contribution in [3.63, 3.8) is 0 Å². The number of para-hydroxylation sites is 3. The van der Waals surface area contributed by atoms with Crippen molar-refractivity contribution in [2.24, 2.45) is 0 Å². The highest BCUT2D eigenvalue weighted by Gasteiger charge is 2.38. The maximum atomic E-state index is 6.25. The lowest BCUT2D eigenvalue weighted by atomic mass is 9.63. The van der Waals surface area contributed by atoms with Gasteiger partial charge in [-0.3, -0.25) is 4.57 Å². The molecular formula is C53H41N5O. The van der Waals surface area contributed by atoms with E-state index < -0.39 is 0 Å². The summed E-state index contributed by atoms with van der Waals surface area (Å²) in [4.78, 5) is 16.1. The molecule has 0 amide bonds. The van der Waals surface area contributed by atoms with E-state index in [2.05, 4.69) is 152 Å². The molecule has 0 atom stereocenters. The van der Waals surface area contributed by atoms with E-state index in [9.17, 15) is 0 Å². The summed E-state index contributed by atoms with van der Waals surface area (Å²) in [5.74, 6) is 1.80. The smallest absolute Gasteiger partial charge is 0.238 e. The van der Waals surface area contributed by atoms with Gasteiger partial charge in [0.1, 0.15) is 11.2 Å². The first-order valence-electron chi connectivity index (χ1n) is 20.6. The minimum Gasteiger partial charge on any atom is -0.456 e. The van der Waals surface area contributed by atoms with Crippen LogP contribution in [-0.2, 0) is 10.8 Å². The molecule has 4 aromatic heterocycles. The van der Waals surface area contributed by atoms with Crippen molar-refractivity contribution < 1.29 is 4.42 Å². The Morgan fingerprint density at radius 1 is 0.441 bits per heavy atom. The lowest BCUT2D eigenvalue weighted by molar-refractivity contribution is 0.332. The third kappa shape index (κ3) is 5.02. The molecular weight excluding hydrogens is 723 g/mol. The molecule has 0 saturated carbocycles. The van der Waals surface area contributed by atoms with Crippen LogP contribution in [0.5, 0.6) is 0 Å². The zero-order chi connectivity index (χ0) is 39.6. The third-order valence-corrected chi connectivity index (χ3v) is 13.0. The van der Waals surface area contributed by atoms with Crippen LogP contribution in [-0.4, -0.2) is 24.1 Å². The fourth-order valence-corrected chi connectivity index (χ4v) is 9.84. The first-order valence-corrected chi connectivity index (χ1v) is 20.6. The molecule has 6 heteroatoms. The van der Waals surface area contributed by atoms with E-state index in [1.807, 2.05) is 36.4 Å². The van der Waals surface area contributed by atoms with Gasteiger partial charge in [0, 0.05) is 49.1 Å². The normalized spacial score (nSPS) is 14.9. The first-order chi connectivity index (χ1) is 28.7. The van der Waals surface area contributed by atoms with Gasteiger partial charge in [0.15, 0.2) is 11.6 Å². The molecule has 0 N–H and O–H groups in total. The molecule has 0 radical (unpaired) electrons. The number of furan rings is 1. The Hall–Kier alpha value is -7.05. The predicted octanol–water partition coefficient (Wildman–Crippen LogP) is 13.6. The third-order valence-electron chi connectivity index (χ3n) is 13.0. The average molecular weight is 764 g/mol. The standard InChI is InChI=1S/C53H41N5O/c1-52(2)27-28-53(3,4)42-31-44-39(30-41(42)52)38-25-24-37-35-19-11-13-21-43(35)57(34-17-9-6-10-18-34)47(37)48(38)58(44)51-55-49(32-15-7-5-8-16-32)54-50(56-51)33-23-26-46-40(29-33)36-20-12-14-22-45(36)59-46/h5-26,29-31H,27-28H2,1-4H3. The summed E-state index contributed by atoms with van der Waals surface area (Å²) in [5.41, 5.74) is 11.9. The van der Waals surface area contributed by atoms with Crippen LogP contribution in [0.15, 0.2) is 156 Å². The number of hydrogen-bond acceptors (Lipinski definition) is 4. The quantitative estimate of drug-likeness (QED) is 0.179. The van der Waals surface area contributed by atoms with Crippen LogP contribution in [0.3, 0.4) is 0 Å². The van der Waals surface area contributed by atoms with E-state index in [1.54, 1.807) is 0 Å². The van der Waals surface area contributed by atoms with E-state index in [0.29, 0.717) is 17.6 Å². The Morgan fingerprint density at radius 2 is 1.03 bits per heavy atom. The van der Waals surface area contributed by atoms with Crippen LogP contribution in [0.2, 0.25) is 0 Å². The maximum Gasteiger partial charge on any atom is 0.238 e. The van der Waals surface area contributed by atoms with Gasteiger partial charge in [0.25, 0.3) is 0 Å². The van der Waals surface area contributed by atoms with Gasteiger partial charge < -0.3 is 8.98 Å². The van der Waals surface area contributed by atoms with Crippen molar-refractivity contribution in [1.82, 2.24) is 24.1 Å². The van der Waals surface area contributed by atoms with Gasteiger partial charge in [-0.2, -0.15) is 9.97 Å². The second-order valence-corrected chi connectivity index (χ2v) is 17.5. The topological polar surface area (TPSA) is 61.7 Å². The number of aromatic nitrogens is 5. The summed E-state index contributed by atoms with van der Waals surface area (Å²) < 4.78 is 11.0. The van der Waals surface area contributed by atoms with Gasteiger partial charge in [-0.05, 0) is 89.4 Å². The van der Waals surface area contributed by atoms with Crippen LogP contribution >= 0.6 is 0 Å². The molecule has 284 valence electrons. The fraction of sp³-hybridized carbons (Fsp3) is 0.151. The second kappa shape index (κ2) is 12.2. The average Bonchev–Trinajstić information content (AvgIpc) is 3.93. The van der Waals surface area contributed by atoms with Crippen LogP contribution in [0.25, 0.3) is 100.0 Å². The molecule has 12 rings (SSSR count). The highest BCUT2D eigenvalue weighted by Crippen LogP contribution is 2.50. The van der Waals surface area contributed by atoms with Crippen LogP contribution in [0.1, 0.15) is 51.7 Å². The summed E-state index contributed by atoms with van der Waals surface area (Å²) in [6, 6.07) is 53.8. The molecule has 0 unspecified atom stereocenters. The predicted molar refractivity (Wildman–Crippen MR) is 242 cm³/mol. The number of nitrogens with zero attached hydrogens (tertiary/aromatic N) is 5. The Morgan fingerprint density at radius 3 is 1.80 bits per heavy atom.